The zero-order valence-corrected chi connectivity index (χ0v) is 17.9. The summed E-state index contributed by atoms with van der Waals surface area (Å²) in [5.41, 5.74) is -0.133. The fourth-order valence-electron chi connectivity index (χ4n) is 2.13. The van der Waals surface area contributed by atoms with E-state index in [1.165, 1.54) is 18.2 Å². The minimum Gasteiger partial charge on any atom is -0.426 e. The molecule has 1 rings (SSSR count). The zero-order valence-electron chi connectivity index (χ0n) is 16.3. The predicted molar refractivity (Wildman–Crippen MR) is 104 cm³/mol. The van der Waals surface area contributed by atoms with Crippen LogP contribution < -0.4 is 9.47 Å². The van der Waals surface area contributed by atoms with Crippen molar-refractivity contribution in [1.82, 2.24) is 0 Å². The van der Waals surface area contributed by atoms with Gasteiger partial charge in [-0.05, 0) is 23.0 Å². The van der Waals surface area contributed by atoms with Gasteiger partial charge in [0, 0.05) is 11.6 Å². The maximum atomic E-state index is 12.1. The largest absolute Gasteiger partial charge is 0.426 e. The van der Waals surface area contributed by atoms with E-state index < -0.39 is 11.9 Å². The van der Waals surface area contributed by atoms with Crippen LogP contribution in [0, 0.1) is 10.8 Å². The van der Waals surface area contributed by atoms with Gasteiger partial charge in [-0.3, -0.25) is 14.4 Å². The molecule has 144 valence electrons. The Hall–Kier alpha value is -1.69. The average Bonchev–Trinajstić information content (AvgIpc) is 2.41. The molecule has 6 heteroatoms. The van der Waals surface area contributed by atoms with Gasteiger partial charge in [0.25, 0.3) is 0 Å². The molecule has 0 radical (unpaired) electrons. The molecular weight excluding hydrogens is 400 g/mol. The van der Waals surface area contributed by atoms with E-state index in [4.69, 9.17) is 9.47 Å². The molecule has 1 aromatic carbocycles. The fourth-order valence-corrected chi connectivity index (χ4v) is 2.45. The van der Waals surface area contributed by atoms with Crippen molar-refractivity contribution in [3.8, 4) is 11.5 Å². The lowest BCUT2D eigenvalue weighted by atomic mass is 9.92. The molecule has 0 aliphatic carbocycles. The minimum atomic E-state index is -0.409. The quantitative estimate of drug-likeness (QED) is 0.278. The number of esters is 2. The van der Waals surface area contributed by atoms with Crippen LogP contribution in [0.2, 0.25) is 0 Å². The van der Waals surface area contributed by atoms with E-state index in [9.17, 15) is 14.4 Å². The smallest absolute Gasteiger partial charge is 0.311 e. The van der Waals surface area contributed by atoms with E-state index >= 15 is 0 Å². The summed E-state index contributed by atoms with van der Waals surface area (Å²) in [6.45, 7) is 11.6. The van der Waals surface area contributed by atoms with Crippen LogP contribution in [0.5, 0.6) is 11.5 Å². The maximum Gasteiger partial charge on any atom is 0.311 e. The molecule has 0 aliphatic heterocycles. The fraction of sp³-hybridized carbons (Fsp3) is 0.550. The Morgan fingerprint density at radius 2 is 1.19 bits per heavy atom. The van der Waals surface area contributed by atoms with Gasteiger partial charge in [-0.25, -0.2) is 0 Å². The average molecular weight is 427 g/mol. The molecule has 0 heterocycles. The molecule has 0 amide bonds. The van der Waals surface area contributed by atoms with Gasteiger partial charge in [-0.15, -0.1) is 0 Å². The van der Waals surface area contributed by atoms with Crippen molar-refractivity contribution in [2.24, 2.45) is 10.8 Å². The Kier molecular flexibility index (Phi) is 7.57. The highest BCUT2D eigenvalue weighted by atomic mass is 79.9. The summed E-state index contributed by atoms with van der Waals surface area (Å²) in [5, 5.41) is 0.113. The van der Waals surface area contributed by atoms with Crippen LogP contribution in [-0.4, -0.2) is 23.1 Å². The number of carbonyl (C=O) groups excluding carboxylic acids is 3. The third-order valence-corrected chi connectivity index (χ3v) is 3.65. The summed E-state index contributed by atoms with van der Waals surface area (Å²) in [4.78, 5) is 36.2. The van der Waals surface area contributed by atoms with Crippen molar-refractivity contribution in [3.63, 3.8) is 0 Å². The van der Waals surface area contributed by atoms with E-state index in [-0.39, 0.29) is 46.3 Å². The number of alkyl halides is 1. The van der Waals surface area contributed by atoms with Crippen LogP contribution in [0.1, 0.15) is 64.7 Å². The van der Waals surface area contributed by atoms with Gasteiger partial charge in [-0.1, -0.05) is 57.5 Å². The van der Waals surface area contributed by atoms with Crippen molar-refractivity contribution >= 4 is 33.7 Å². The SMILES string of the molecule is CC(C)(C)CC(=O)Oc1cc(OC(=O)CC(C)(C)C)cc(C(=O)CBr)c1. The molecule has 0 aromatic heterocycles. The Morgan fingerprint density at radius 1 is 0.808 bits per heavy atom. The lowest BCUT2D eigenvalue weighted by Gasteiger charge is -2.18. The number of carbonyl (C=O) groups is 3. The highest BCUT2D eigenvalue weighted by Crippen LogP contribution is 2.27. The standard InChI is InChI=1S/C20H27BrO5/c1-19(2,3)10-17(23)25-14-7-13(16(22)12-21)8-15(9-14)26-18(24)11-20(4,5)6/h7-9H,10-12H2,1-6H3. The molecule has 0 unspecified atom stereocenters. The summed E-state index contributed by atoms with van der Waals surface area (Å²) >= 11 is 3.12. The second-order valence-electron chi connectivity index (χ2n) is 8.67. The minimum absolute atomic E-state index is 0.113. The number of ketones is 1. The maximum absolute atomic E-state index is 12.1. The Labute approximate surface area is 163 Å². The van der Waals surface area contributed by atoms with Gasteiger partial charge in [0.15, 0.2) is 5.78 Å². The predicted octanol–water partition coefficient (Wildman–Crippen LogP) is 4.95. The zero-order chi connectivity index (χ0) is 20.1. The van der Waals surface area contributed by atoms with Gasteiger partial charge < -0.3 is 9.47 Å². The third kappa shape index (κ3) is 8.61. The van der Waals surface area contributed by atoms with Gasteiger partial charge in [-0.2, -0.15) is 0 Å². The molecule has 0 N–H and O–H groups in total. The second kappa shape index (κ2) is 8.80. The van der Waals surface area contributed by atoms with Crippen molar-refractivity contribution < 1.29 is 23.9 Å². The number of benzene rings is 1. The molecule has 0 saturated heterocycles. The third-order valence-electron chi connectivity index (χ3n) is 3.14. The first-order chi connectivity index (χ1) is 11.8. The summed E-state index contributed by atoms with van der Waals surface area (Å²) in [6.07, 6.45) is 0.450. The molecule has 5 nitrogen and oxygen atoms in total. The van der Waals surface area contributed by atoms with Crippen molar-refractivity contribution in [2.45, 2.75) is 54.4 Å². The molecule has 0 spiro atoms. The van der Waals surface area contributed by atoms with Crippen LogP contribution in [0.4, 0.5) is 0 Å². The molecule has 0 fully saturated rings. The van der Waals surface area contributed by atoms with E-state index in [1.807, 2.05) is 41.5 Å². The molecule has 0 bridgehead atoms. The van der Waals surface area contributed by atoms with E-state index in [1.54, 1.807) is 0 Å². The van der Waals surface area contributed by atoms with E-state index in [0.29, 0.717) is 5.56 Å². The normalized spacial score (nSPS) is 11.8. The number of rotatable bonds is 6. The Balaban J connectivity index is 3.05. The van der Waals surface area contributed by atoms with Crippen LogP contribution in [-0.2, 0) is 9.59 Å². The topological polar surface area (TPSA) is 69.7 Å². The van der Waals surface area contributed by atoms with Crippen molar-refractivity contribution in [3.05, 3.63) is 23.8 Å². The van der Waals surface area contributed by atoms with Crippen molar-refractivity contribution in [1.29, 1.82) is 0 Å². The molecular formula is C20H27BrO5. The lowest BCUT2D eigenvalue weighted by Crippen LogP contribution is -2.19. The van der Waals surface area contributed by atoms with Gasteiger partial charge >= 0.3 is 11.9 Å². The second-order valence-corrected chi connectivity index (χ2v) is 9.23. The molecule has 0 atom stereocenters. The van der Waals surface area contributed by atoms with Crippen LogP contribution in [0.25, 0.3) is 0 Å². The Morgan fingerprint density at radius 3 is 1.50 bits per heavy atom. The Bertz CT molecular complexity index is 632. The first-order valence-electron chi connectivity index (χ1n) is 8.45. The molecule has 0 saturated carbocycles. The van der Waals surface area contributed by atoms with Crippen LogP contribution >= 0.6 is 15.9 Å². The van der Waals surface area contributed by atoms with Gasteiger partial charge in [0.05, 0.1) is 18.2 Å². The highest BCUT2D eigenvalue weighted by Gasteiger charge is 2.21. The summed E-state index contributed by atoms with van der Waals surface area (Å²) in [5.74, 6) is -0.651. The summed E-state index contributed by atoms with van der Waals surface area (Å²) in [7, 11) is 0. The number of Topliss-reactive ketones (excluding diaryl/α,β-unsaturated/α-hetero) is 1. The lowest BCUT2D eigenvalue weighted by molar-refractivity contribution is -0.136. The monoisotopic (exact) mass is 426 g/mol. The molecule has 0 aliphatic rings. The summed E-state index contributed by atoms with van der Waals surface area (Å²) < 4.78 is 10.7. The van der Waals surface area contributed by atoms with Crippen LogP contribution in [0.15, 0.2) is 18.2 Å². The van der Waals surface area contributed by atoms with Crippen molar-refractivity contribution in [2.75, 3.05) is 5.33 Å². The number of ether oxygens (including phenoxy) is 2. The first-order valence-corrected chi connectivity index (χ1v) is 9.57. The van der Waals surface area contributed by atoms with E-state index in [2.05, 4.69) is 15.9 Å². The van der Waals surface area contributed by atoms with E-state index in [0.717, 1.165) is 0 Å². The van der Waals surface area contributed by atoms with Crippen LogP contribution in [0.3, 0.4) is 0 Å². The highest BCUT2D eigenvalue weighted by molar-refractivity contribution is 9.09. The first kappa shape index (κ1) is 22.4. The molecule has 26 heavy (non-hydrogen) atoms. The van der Waals surface area contributed by atoms with Gasteiger partial charge in [0.2, 0.25) is 0 Å². The summed E-state index contributed by atoms with van der Waals surface area (Å²) in [6, 6.07) is 4.41. The number of hydrogen-bond donors (Lipinski definition) is 0. The number of halogens is 1. The molecule has 1 aromatic rings. The number of hydrogen-bond acceptors (Lipinski definition) is 5. The van der Waals surface area contributed by atoms with Gasteiger partial charge in [0.1, 0.15) is 11.5 Å².